The van der Waals surface area contributed by atoms with Gasteiger partial charge in [-0.2, -0.15) is 0 Å². The lowest BCUT2D eigenvalue weighted by Crippen LogP contribution is -2.35. The highest BCUT2D eigenvalue weighted by Crippen LogP contribution is 2.23. The van der Waals surface area contributed by atoms with Gasteiger partial charge in [-0.15, -0.1) is 11.8 Å². The number of rotatable bonds is 6. The molecular formula is C9H17NO5S2. The lowest BCUT2D eigenvalue weighted by molar-refractivity contribution is -0.119. The third kappa shape index (κ3) is 5.71. The molecule has 1 rings (SSSR count). The molecule has 3 N–H and O–H groups in total. The molecule has 8 heteroatoms. The fraction of sp³-hybridized carbons (Fsp3) is 0.889. The zero-order valence-electron chi connectivity index (χ0n) is 9.33. The second-order valence-electron chi connectivity index (χ2n) is 3.98. The Hall–Kier alpha value is -0.310. The Bertz CT molecular complexity index is 356. The van der Waals surface area contributed by atoms with Crippen molar-refractivity contribution >= 4 is 27.5 Å². The molecule has 0 aromatic heterocycles. The minimum Gasteiger partial charge on any atom is -0.394 e. The summed E-state index contributed by atoms with van der Waals surface area (Å²) in [4.78, 5) is 11.3. The summed E-state index contributed by atoms with van der Waals surface area (Å²) in [5.41, 5.74) is 0. The summed E-state index contributed by atoms with van der Waals surface area (Å²) < 4.78 is 22.3. The Morgan fingerprint density at radius 3 is 2.76 bits per heavy atom. The number of nitrogens with one attached hydrogen (secondary N) is 1. The van der Waals surface area contributed by atoms with E-state index in [-0.39, 0.29) is 35.0 Å². The van der Waals surface area contributed by atoms with E-state index < -0.39 is 22.5 Å². The number of carbonyl (C=O) groups excluding carboxylic acids is 1. The van der Waals surface area contributed by atoms with Crippen molar-refractivity contribution in [3.05, 3.63) is 0 Å². The van der Waals surface area contributed by atoms with E-state index in [9.17, 15) is 13.2 Å². The second kappa shape index (κ2) is 6.58. The van der Waals surface area contributed by atoms with Crippen LogP contribution in [0.5, 0.6) is 0 Å². The van der Waals surface area contributed by atoms with E-state index in [1.165, 1.54) is 11.8 Å². The average molecular weight is 283 g/mol. The van der Waals surface area contributed by atoms with Crippen LogP contribution in [0.4, 0.5) is 0 Å². The van der Waals surface area contributed by atoms with Gasteiger partial charge in [0, 0.05) is 11.8 Å². The van der Waals surface area contributed by atoms with Crippen molar-refractivity contribution in [1.29, 1.82) is 0 Å². The Labute approximate surface area is 105 Å². The molecule has 1 heterocycles. The van der Waals surface area contributed by atoms with Crippen LogP contribution in [0, 0.1) is 0 Å². The standard InChI is InChI=1S/C9H17NO5S2/c11-4-7(12)3-10-9(13)5-16-8-1-2-17(14,15)6-8/h7-8,11-12H,1-6H2,(H,10,13). The van der Waals surface area contributed by atoms with E-state index in [1.807, 2.05) is 0 Å². The van der Waals surface area contributed by atoms with Crippen LogP contribution in [0.3, 0.4) is 0 Å². The van der Waals surface area contributed by atoms with Gasteiger partial charge in [0.15, 0.2) is 9.84 Å². The molecule has 1 amide bonds. The maximum atomic E-state index is 11.3. The van der Waals surface area contributed by atoms with Crippen LogP contribution >= 0.6 is 11.8 Å². The van der Waals surface area contributed by atoms with E-state index in [4.69, 9.17) is 10.2 Å². The first-order valence-corrected chi connectivity index (χ1v) is 8.17. The average Bonchev–Trinajstić information content (AvgIpc) is 2.63. The molecule has 1 fully saturated rings. The first-order valence-electron chi connectivity index (χ1n) is 5.30. The molecule has 17 heavy (non-hydrogen) atoms. The minimum atomic E-state index is -2.90. The number of amides is 1. The lowest BCUT2D eigenvalue weighted by Gasteiger charge is -2.10. The number of aliphatic hydroxyl groups excluding tert-OH is 2. The molecule has 6 nitrogen and oxygen atoms in total. The minimum absolute atomic E-state index is 0.00600. The van der Waals surface area contributed by atoms with Crippen molar-refractivity contribution in [2.75, 3.05) is 30.4 Å². The third-order valence-corrected chi connectivity index (χ3v) is 5.67. The zero-order valence-corrected chi connectivity index (χ0v) is 11.0. The summed E-state index contributed by atoms with van der Waals surface area (Å²) >= 11 is 1.32. The Morgan fingerprint density at radius 2 is 2.24 bits per heavy atom. The van der Waals surface area contributed by atoms with Gasteiger partial charge in [-0.25, -0.2) is 8.42 Å². The number of aliphatic hydroxyl groups is 2. The highest BCUT2D eigenvalue weighted by molar-refractivity contribution is 8.02. The molecular weight excluding hydrogens is 266 g/mol. The van der Waals surface area contributed by atoms with Crippen molar-refractivity contribution in [2.45, 2.75) is 17.8 Å². The van der Waals surface area contributed by atoms with Gasteiger partial charge in [0.1, 0.15) is 0 Å². The normalized spacial score (nSPS) is 24.5. The van der Waals surface area contributed by atoms with Crippen LogP contribution in [0.1, 0.15) is 6.42 Å². The largest absolute Gasteiger partial charge is 0.394 e. The predicted octanol–water partition coefficient (Wildman–Crippen LogP) is -1.62. The number of sulfone groups is 1. The number of hydrogen-bond acceptors (Lipinski definition) is 6. The molecule has 1 saturated heterocycles. The number of carbonyl (C=O) groups is 1. The molecule has 1 aliphatic rings. The van der Waals surface area contributed by atoms with Gasteiger partial charge in [0.25, 0.3) is 0 Å². The molecule has 0 aromatic carbocycles. The van der Waals surface area contributed by atoms with E-state index in [0.29, 0.717) is 6.42 Å². The molecule has 2 unspecified atom stereocenters. The molecule has 1 aliphatic heterocycles. The van der Waals surface area contributed by atoms with E-state index >= 15 is 0 Å². The van der Waals surface area contributed by atoms with Crippen molar-refractivity contribution in [3.8, 4) is 0 Å². The van der Waals surface area contributed by atoms with Crippen LogP contribution in [-0.2, 0) is 14.6 Å². The molecule has 0 spiro atoms. The summed E-state index contributed by atoms with van der Waals surface area (Å²) in [6, 6.07) is 0. The fourth-order valence-electron chi connectivity index (χ4n) is 1.43. The van der Waals surface area contributed by atoms with Gasteiger partial charge in [-0.3, -0.25) is 4.79 Å². The monoisotopic (exact) mass is 283 g/mol. The van der Waals surface area contributed by atoms with Gasteiger partial charge < -0.3 is 15.5 Å². The van der Waals surface area contributed by atoms with Crippen molar-refractivity contribution in [2.24, 2.45) is 0 Å². The highest BCUT2D eigenvalue weighted by atomic mass is 32.2. The Balaban J connectivity index is 2.16. The number of hydrogen-bond donors (Lipinski definition) is 3. The van der Waals surface area contributed by atoms with Gasteiger partial charge in [0.05, 0.1) is 30.0 Å². The maximum absolute atomic E-state index is 11.3. The van der Waals surface area contributed by atoms with Crippen LogP contribution in [0.15, 0.2) is 0 Å². The molecule has 0 radical (unpaired) electrons. The van der Waals surface area contributed by atoms with E-state index in [0.717, 1.165) is 0 Å². The SMILES string of the molecule is O=C(CSC1CCS(=O)(=O)C1)NCC(O)CO. The van der Waals surface area contributed by atoms with Crippen molar-refractivity contribution in [1.82, 2.24) is 5.32 Å². The molecule has 0 bridgehead atoms. The highest BCUT2D eigenvalue weighted by Gasteiger charge is 2.28. The zero-order chi connectivity index (χ0) is 12.9. The molecule has 100 valence electrons. The second-order valence-corrected chi connectivity index (χ2v) is 7.49. The Kier molecular flexibility index (Phi) is 5.71. The van der Waals surface area contributed by atoms with Gasteiger partial charge in [-0.1, -0.05) is 0 Å². The summed E-state index contributed by atoms with van der Waals surface area (Å²) in [5.74, 6) is 0.268. The molecule has 0 aromatic rings. The first-order chi connectivity index (χ1) is 7.93. The lowest BCUT2D eigenvalue weighted by atomic mass is 10.4. The summed E-state index contributed by atoms with van der Waals surface area (Å²) in [6.45, 7) is -0.382. The van der Waals surface area contributed by atoms with E-state index in [2.05, 4.69) is 5.32 Å². The van der Waals surface area contributed by atoms with Crippen LogP contribution in [0.2, 0.25) is 0 Å². The van der Waals surface area contributed by atoms with Crippen LogP contribution < -0.4 is 5.32 Å². The number of thioether (sulfide) groups is 1. The molecule has 2 atom stereocenters. The smallest absolute Gasteiger partial charge is 0.230 e. The molecule has 0 aliphatic carbocycles. The van der Waals surface area contributed by atoms with Gasteiger partial charge >= 0.3 is 0 Å². The van der Waals surface area contributed by atoms with Gasteiger partial charge in [0.2, 0.25) is 5.91 Å². The first kappa shape index (κ1) is 14.7. The summed E-state index contributed by atoms with van der Waals surface area (Å²) in [6.07, 6.45) is -0.352. The summed E-state index contributed by atoms with van der Waals surface area (Å²) in [5, 5.41) is 20.0. The molecule has 0 saturated carbocycles. The topological polar surface area (TPSA) is 104 Å². The van der Waals surface area contributed by atoms with E-state index in [1.54, 1.807) is 0 Å². The van der Waals surface area contributed by atoms with Crippen LogP contribution in [-0.4, -0.2) is 66.3 Å². The third-order valence-electron chi connectivity index (χ3n) is 2.39. The predicted molar refractivity (Wildman–Crippen MR) is 65.6 cm³/mol. The van der Waals surface area contributed by atoms with Crippen LogP contribution in [0.25, 0.3) is 0 Å². The quantitative estimate of drug-likeness (QED) is 0.541. The van der Waals surface area contributed by atoms with Crippen molar-refractivity contribution < 1.29 is 23.4 Å². The maximum Gasteiger partial charge on any atom is 0.230 e. The van der Waals surface area contributed by atoms with Crippen molar-refractivity contribution in [3.63, 3.8) is 0 Å². The Morgan fingerprint density at radius 1 is 1.53 bits per heavy atom. The fourth-order valence-corrected chi connectivity index (χ4v) is 4.91. The van der Waals surface area contributed by atoms with Gasteiger partial charge in [-0.05, 0) is 6.42 Å². The summed E-state index contributed by atoms with van der Waals surface area (Å²) in [7, 11) is -2.90.